The van der Waals surface area contributed by atoms with E-state index in [1.807, 2.05) is 19.1 Å². The SMILES string of the molecule is CCc1c(C(=O)N2CCOc3cc(F)c(-c4ccc5nc(C)[nH]c5c4)cc3C2)ccc(S(C)(=O)=O)c1F. The summed E-state index contributed by atoms with van der Waals surface area (Å²) >= 11 is 0. The number of halogens is 2. The number of carbonyl (C=O) groups excluding carboxylic acids is 1. The van der Waals surface area contributed by atoms with E-state index in [2.05, 4.69) is 9.97 Å². The van der Waals surface area contributed by atoms with E-state index in [1.165, 1.54) is 17.0 Å². The highest BCUT2D eigenvalue weighted by Gasteiger charge is 2.27. The molecule has 0 fully saturated rings. The third-order valence-corrected chi connectivity index (χ3v) is 7.63. The van der Waals surface area contributed by atoms with Crippen LogP contribution in [0.1, 0.15) is 34.2 Å². The molecule has 5 rings (SSSR count). The number of fused-ring (bicyclic) bond motifs is 2. The minimum atomic E-state index is -3.79. The van der Waals surface area contributed by atoms with E-state index in [9.17, 15) is 13.2 Å². The summed E-state index contributed by atoms with van der Waals surface area (Å²) in [6.45, 7) is 3.95. The van der Waals surface area contributed by atoms with Gasteiger partial charge in [-0.25, -0.2) is 22.2 Å². The maximum atomic E-state index is 15.1. The average Bonchev–Trinajstić information content (AvgIpc) is 3.09. The fourth-order valence-electron chi connectivity index (χ4n) is 4.71. The van der Waals surface area contributed by atoms with Crippen LogP contribution in [0.15, 0.2) is 47.4 Å². The van der Waals surface area contributed by atoms with Crippen molar-refractivity contribution in [1.82, 2.24) is 14.9 Å². The Labute approximate surface area is 213 Å². The Morgan fingerprint density at radius 2 is 1.95 bits per heavy atom. The number of benzene rings is 3. The summed E-state index contributed by atoms with van der Waals surface area (Å²) in [6.07, 6.45) is 1.07. The molecule has 1 aliphatic heterocycles. The van der Waals surface area contributed by atoms with Crippen LogP contribution in [0, 0.1) is 18.6 Å². The number of aromatic nitrogens is 2. The zero-order valence-electron chi connectivity index (χ0n) is 20.6. The molecule has 1 N–H and O–H groups in total. The lowest BCUT2D eigenvalue weighted by atomic mass is 10.00. The number of sulfone groups is 1. The van der Waals surface area contributed by atoms with Gasteiger partial charge in [0.05, 0.1) is 17.6 Å². The van der Waals surface area contributed by atoms with Gasteiger partial charge < -0.3 is 14.6 Å². The molecule has 0 aliphatic carbocycles. The molecule has 0 bridgehead atoms. The molecule has 10 heteroatoms. The second kappa shape index (κ2) is 9.26. The summed E-state index contributed by atoms with van der Waals surface area (Å²) < 4.78 is 59.8. The zero-order chi connectivity index (χ0) is 26.5. The maximum absolute atomic E-state index is 15.1. The van der Waals surface area contributed by atoms with Gasteiger partial charge in [0.25, 0.3) is 5.91 Å². The van der Waals surface area contributed by atoms with Crippen LogP contribution < -0.4 is 4.74 Å². The van der Waals surface area contributed by atoms with Crippen LogP contribution in [-0.4, -0.2) is 48.6 Å². The summed E-state index contributed by atoms with van der Waals surface area (Å²) in [5.41, 5.74) is 3.30. The number of carbonyl (C=O) groups is 1. The Kier molecular flexibility index (Phi) is 6.23. The number of imidazole rings is 1. The van der Waals surface area contributed by atoms with E-state index in [-0.39, 0.29) is 37.2 Å². The zero-order valence-corrected chi connectivity index (χ0v) is 21.4. The molecule has 0 saturated heterocycles. The molecule has 4 aromatic rings. The fraction of sp³-hybridized carbons (Fsp3) is 0.259. The van der Waals surface area contributed by atoms with Gasteiger partial charge in [-0.3, -0.25) is 4.79 Å². The third kappa shape index (κ3) is 4.57. The molecule has 0 atom stereocenters. The monoisotopic (exact) mass is 525 g/mol. The maximum Gasteiger partial charge on any atom is 0.254 e. The molecule has 2 heterocycles. The van der Waals surface area contributed by atoms with Gasteiger partial charge in [-0.1, -0.05) is 13.0 Å². The summed E-state index contributed by atoms with van der Waals surface area (Å²) in [5.74, 6) is -0.724. The first-order valence-corrected chi connectivity index (χ1v) is 13.7. The van der Waals surface area contributed by atoms with E-state index in [4.69, 9.17) is 4.74 Å². The minimum absolute atomic E-state index is 0.0428. The van der Waals surface area contributed by atoms with Gasteiger partial charge in [0, 0.05) is 41.1 Å². The van der Waals surface area contributed by atoms with Gasteiger partial charge >= 0.3 is 0 Å². The number of hydrogen-bond donors (Lipinski definition) is 1. The first-order valence-electron chi connectivity index (χ1n) is 11.8. The van der Waals surface area contributed by atoms with Crippen LogP contribution >= 0.6 is 0 Å². The van der Waals surface area contributed by atoms with E-state index >= 15 is 8.78 Å². The second-order valence-electron chi connectivity index (χ2n) is 9.10. The Morgan fingerprint density at radius 1 is 1.16 bits per heavy atom. The van der Waals surface area contributed by atoms with E-state index in [1.54, 1.807) is 19.1 Å². The molecule has 3 aromatic carbocycles. The van der Waals surface area contributed by atoms with Crippen molar-refractivity contribution < 1.29 is 26.7 Å². The van der Waals surface area contributed by atoms with Crippen molar-refractivity contribution in [1.29, 1.82) is 0 Å². The first-order chi connectivity index (χ1) is 17.6. The number of rotatable bonds is 4. The number of aromatic amines is 1. The highest BCUT2D eigenvalue weighted by Crippen LogP contribution is 2.34. The predicted molar refractivity (Wildman–Crippen MR) is 135 cm³/mol. The van der Waals surface area contributed by atoms with Crippen molar-refractivity contribution in [3.63, 3.8) is 0 Å². The van der Waals surface area contributed by atoms with Gasteiger partial charge in [0.15, 0.2) is 9.84 Å². The Bertz CT molecular complexity index is 1660. The van der Waals surface area contributed by atoms with Crippen molar-refractivity contribution in [3.8, 4) is 16.9 Å². The van der Waals surface area contributed by atoms with Crippen molar-refractivity contribution in [3.05, 3.63) is 76.6 Å². The van der Waals surface area contributed by atoms with Gasteiger partial charge in [0.2, 0.25) is 0 Å². The fourth-order valence-corrected chi connectivity index (χ4v) is 5.47. The number of nitrogens with zero attached hydrogens (tertiary/aromatic N) is 2. The Morgan fingerprint density at radius 3 is 2.68 bits per heavy atom. The minimum Gasteiger partial charge on any atom is -0.491 e. The average molecular weight is 526 g/mol. The Balaban J connectivity index is 1.51. The quantitative estimate of drug-likeness (QED) is 0.413. The van der Waals surface area contributed by atoms with E-state index in [0.29, 0.717) is 22.4 Å². The molecule has 1 amide bonds. The molecule has 0 unspecified atom stereocenters. The summed E-state index contributed by atoms with van der Waals surface area (Å²) in [4.78, 5) is 22.1. The highest BCUT2D eigenvalue weighted by atomic mass is 32.2. The number of aryl methyl sites for hydroxylation is 1. The van der Waals surface area contributed by atoms with Crippen LogP contribution in [0.5, 0.6) is 5.75 Å². The van der Waals surface area contributed by atoms with Crippen LogP contribution in [0.2, 0.25) is 0 Å². The molecule has 1 aliphatic rings. The smallest absolute Gasteiger partial charge is 0.254 e. The highest BCUT2D eigenvalue weighted by molar-refractivity contribution is 7.90. The molecular formula is C27H25F2N3O4S. The lowest BCUT2D eigenvalue weighted by Crippen LogP contribution is -2.33. The molecule has 0 radical (unpaired) electrons. The van der Waals surface area contributed by atoms with Crippen molar-refractivity contribution in [2.45, 2.75) is 31.7 Å². The lowest BCUT2D eigenvalue weighted by molar-refractivity contribution is 0.0731. The van der Waals surface area contributed by atoms with Crippen LogP contribution in [0.3, 0.4) is 0 Å². The van der Waals surface area contributed by atoms with E-state index in [0.717, 1.165) is 29.2 Å². The standard InChI is InChI=1S/C27H25F2N3O4S/c1-4-18-19(6-8-25(26(18)29)37(3,34)35)27(33)32-9-10-36-24-13-21(28)20(11-17(24)14-32)16-5-7-22-23(12-16)31-15(2)30-22/h5-8,11-13H,4,9-10,14H2,1-3H3,(H,30,31). The predicted octanol–water partition coefficient (Wildman–Crippen LogP) is 4.82. The molecule has 1 aromatic heterocycles. The molecule has 7 nitrogen and oxygen atoms in total. The molecular weight excluding hydrogens is 500 g/mol. The molecule has 37 heavy (non-hydrogen) atoms. The second-order valence-corrected chi connectivity index (χ2v) is 11.1. The van der Waals surface area contributed by atoms with Gasteiger partial charge in [-0.2, -0.15) is 0 Å². The number of hydrogen-bond acceptors (Lipinski definition) is 5. The molecule has 0 spiro atoms. The molecule has 0 saturated carbocycles. The van der Waals surface area contributed by atoms with Gasteiger partial charge in [0.1, 0.15) is 34.7 Å². The number of H-pyrrole nitrogens is 1. The lowest BCUT2D eigenvalue weighted by Gasteiger charge is -2.22. The van der Waals surface area contributed by atoms with Crippen LogP contribution in [0.4, 0.5) is 8.78 Å². The topological polar surface area (TPSA) is 92.4 Å². The first kappa shape index (κ1) is 24.9. The number of nitrogens with one attached hydrogen (secondary N) is 1. The Hall–Kier alpha value is -3.79. The third-order valence-electron chi connectivity index (χ3n) is 6.52. The number of amides is 1. The number of ether oxygens (including phenoxy) is 1. The van der Waals surface area contributed by atoms with E-state index < -0.39 is 32.3 Å². The summed E-state index contributed by atoms with van der Waals surface area (Å²) in [7, 11) is -3.79. The molecule has 192 valence electrons. The normalized spacial score (nSPS) is 13.8. The van der Waals surface area contributed by atoms with Gasteiger partial charge in [-0.15, -0.1) is 0 Å². The van der Waals surface area contributed by atoms with Crippen molar-refractivity contribution in [2.75, 3.05) is 19.4 Å². The summed E-state index contributed by atoms with van der Waals surface area (Å²) in [5, 5.41) is 0. The van der Waals surface area contributed by atoms with Crippen molar-refractivity contribution in [2.24, 2.45) is 0 Å². The summed E-state index contributed by atoms with van der Waals surface area (Å²) in [6, 6.07) is 10.9. The van der Waals surface area contributed by atoms with Crippen LogP contribution in [0.25, 0.3) is 22.2 Å². The largest absolute Gasteiger partial charge is 0.491 e. The van der Waals surface area contributed by atoms with Crippen molar-refractivity contribution >= 4 is 26.8 Å². The van der Waals surface area contributed by atoms with Gasteiger partial charge in [-0.05, 0) is 49.2 Å². The van der Waals surface area contributed by atoms with Crippen LogP contribution in [-0.2, 0) is 22.8 Å².